The van der Waals surface area contributed by atoms with Crippen molar-refractivity contribution in [2.45, 2.75) is 25.9 Å². The number of nitro benzene ring substituents is 1. The molecule has 7 heteroatoms. The summed E-state index contributed by atoms with van der Waals surface area (Å²) >= 11 is 0. The number of non-ortho nitro benzene ring substituents is 1. The number of benzene rings is 3. The van der Waals surface area contributed by atoms with Gasteiger partial charge >= 0.3 is 0 Å². The number of nitro groups is 1. The Morgan fingerprint density at radius 2 is 1.32 bits per heavy atom. The van der Waals surface area contributed by atoms with Crippen LogP contribution in [-0.2, 0) is 19.5 Å². The monoisotopic (exact) mass is 515 g/mol. The van der Waals surface area contributed by atoms with E-state index in [2.05, 4.69) is 81.1 Å². The Kier molecular flexibility index (Phi) is 11.3. The third kappa shape index (κ3) is 9.65. The summed E-state index contributed by atoms with van der Waals surface area (Å²) in [5.41, 5.74) is 3.97. The predicted molar refractivity (Wildman–Crippen MR) is 154 cm³/mol. The van der Waals surface area contributed by atoms with Gasteiger partial charge in [-0.15, -0.1) is 0 Å². The summed E-state index contributed by atoms with van der Waals surface area (Å²) in [7, 11) is 0. The molecule has 38 heavy (non-hydrogen) atoms. The minimum atomic E-state index is -0.331. The van der Waals surface area contributed by atoms with Crippen molar-refractivity contribution < 1.29 is 4.92 Å². The average molecular weight is 516 g/mol. The molecule has 0 radical (unpaired) electrons. The van der Waals surface area contributed by atoms with E-state index in [-0.39, 0.29) is 10.6 Å². The summed E-state index contributed by atoms with van der Waals surface area (Å²) in [5, 5.41) is 18.5. The fourth-order valence-electron chi connectivity index (χ4n) is 5.17. The average Bonchev–Trinajstić information content (AvgIpc) is 2.93. The van der Waals surface area contributed by atoms with Crippen molar-refractivity contribution in [3.63, 3.8) is 0 Å². The van der Waals surface area contributed by atoms with Crippen molar-refractivity contribution in [2.75, 3.05) is 52.4 Å². The van der Waals surface area contributed by atoms with Gasteiger partial charge in [-0.25, -0.2) is 0 Å². The van der Waals surface area contributed by atoms with E-state index < -0.39 is 0 Å². The van der Waals surface area contributed by atoms with Crippen molar-refractivity contribution in [2.24, 2.45) is 5.92 Å². The van der Waals surface area contributed by atoms with E-state index in [9.17, 15) is 10.1 Å². The van der Waals surface area contributed by atoms with Gasteiger partial charge in [-0.1, -0.05) is 72.8 Å². The van der Waals surface area contributed by atoms with E-state index in [1.54, 1.807) is 12.1 Å². The van der Waals surface area contributed by atoms with Crippen LogP contribution in [0.2, 0.25) is 0 Å². The summed E-state index contributed by atoms with van der Waals surface area (Å²) in [6, 6.07) is 28.5. The van der Waals surface area contributed by atoms with Crippen LogP contribution in [0.5, 0.6) is 0 Å². The molecule has 3 aromatic carbocycles. The number of nitrogens with zero attached hydrogens (tertiary/aromatic N) is 3. The lowest BCUT2D eigenvalue weighted by Crippen LogP contribution is -2.41. The largest absolute Gasteiger partial charge is 0.315 e. The first-order valence-electron chi connectivity index (χ1n) is 13.8. The van der Waals surface area contributed by atoms with Crippen LogP contribution in [0.3, 0.4) is 0 Å². The maximum atomic E-state index is 11.1. The molecule has 0 aliphatic carbocycles. The first-order valence-corrected chi connectivity index (χ1v) is 13.8. The highest BCUT2D eigenvalue weighted by molar-refractivity contribution is 5.33. The highest BCUT2D eigenvalue weighted by Gasteiger charge is 2.17. The Morgan fingerprint density at radius 3 is 1.97 bits per heavy atom. The predicted octanol–water partition coefficient (Wildman–Crippen LogP) is 4.34. The summed E-state index contributed by atoms with van der Waals surface area (Å²) in [6.07, 6.45) is 2.02. The molecule has 2 N–H and O–H groups in total. The maximum absolute atomic E-state index is 11.1. The van der Waals surface area contributed by atoms with E-state index in [0.29, 0.717) is 5.92 Å². The van der Waals surface area contributed by atoms with Crippen LogP contribution in [-0.4, -0.2) is 67.1 Å². The molecule has 1 unspecified atom stereocenters. The molecule has 1 fully saturated rings. The van der Waals surface area contributed by atoms with Gasteiger partial charge in [-0.3, -0.25) is 19.9 Å². The Bertz CT molecular complexity index is 1080. The zero-order valence-electron chi connectivity index (χ0n) is 22.3. The number of hydrogen-bond acceptors (Lipinski definition) is 6. The van der Waals surface area contributed by atoms with Gasteiger partial charge in [0.05, 0.1) is 4.92 Å². The van der Waals surface area contributed by atoms with Crippen LogP contribution in [0.25, 0.3) is 0 Å². The van der Waals surface area contributed by atoms with E-state index in [1.807, 2.05) is 12.1 Å². The number of rotatable bonds is 7. The molecular weight excluding hydrogens is 474 g/mol. The molecule has 0 saturated carbocycles. The molecule has 1 saturated heterocycles. The van der Waals surface area contributed by atoms with E-state index in [0.717, 1.165) is 83.9 Å². The Hall–Kier alpha value is -3.10. The van der Waals surface area contributed by atoms with Gasteiger partial charge in [0.1, 0.15) is 0 Å². The van der Waals surface area contributed by atoms with Gasteiger partial charge in [-0.2, -0.15) is 0 Å². The van der Waals surface area contributed by atoms with Crippen LogP contribution in [0.15, 0.2) is 84.9 Å². The Balaban J connectivity index is 1.43. The molecular formula is C31H41N5O2. The molecule has 202 valence electrons. The van der Waals surface area contributed by atoms with Crippen LogP contribution in [0.1, 0.15) is 23.1 Å². The Morgan fingerprint density at radius 1 is 0.711 bits per heavy atom. The van der Waals surface area contributed by atoms with Crippen LogP contribution in [0, 0.1) is 16.0 Å². The van der Waals surface area contributed by atoms with Gasteiger partial charge in [0.25, 0.3) is 5.69 Å². The van der Waals surface area contributed by atoms with Gasteiger partial charge in [0.15, 0.2) is 0 Å². The molecule has 1 heterocycles. The summed E-state index contributed by atoms with van der Waals surface area (Å²) in [4.78, 5) is 15.9. The number of nitrogens with one attached hydrogen (secondary N) is 2. The zero-order valence-corrected chi connectivity index (χ0v) is 22.3. The molecule has 0 aromatic heterocycles. The molecule has 1 aliphatic heterocycles. The second-order valence-electron chi connectivity index (χ2n) is 10.3. The molecule has 0 amide bonds. The van der Waals surface area contributed by atoms with Crippen molar-refractivity contribution >= 4 is 5.69 Å². The Labute approximate surface area is 227 Å². The maximum Gasteiger partial charge on any atom is 0.269 e. The molecule has 4 rings (SSSR count). The normalized spacial score (nSPS) is 19.0. The van der Waals surface area contributed by atoms with Gasteiger partial charge in [0, 0.05) is 57.9 Å². The highest BCUT2D eigenvalue weighted by Crippen LogP contribution is 2.17. The molecule has 7 nitrogen and oxygen atoms in total. The van der Waals surface area contributed by atoms with Gasteiger partial charge < -0.3 is 10.6 Å². The van der Waals surface area contributed by atoms with Crippen LogP contribution >= 0.6 is 0 Å². The van der Waals surface area contributed by atoms with Crippen molar-refractivity contribution in [1.29, 1.82) is 0 Å². The van der Waals surface area contributed by atoms with E-state index in [4.69, 9.17) is 0 Å². The lowest BCUT2D eigenvalue weighted by molar-refractivity contribution is -0.384. The lowest BCUT2D eigenvalue weighted by atomic mass is 9.97. The van der Waals surface area contributed by atoms with E-state index >= 15 is 0 Å². The first kappa shape index (κ1) is 27.9. The van der Waals surface area contributed by atoms with Gasteiger partial charge in [-0.05, 0) is 55.1 Å². The van der Waals surface area contributed by atoms with E-state index in [1.165, 1.54) is 11.1 Å². The summed E-state index contributed by atoms with van der Waals surface area (Å²) < 4.78 is 0. The third-order valence-corrected chi connectivity index (χ3v) is 7.16. The quantitative estimate of drug-likeness (QED) is 0.360. The molecule has 3 aromatic rings. The third-order valence-electron chi connectivity index (χ3n) is 7.16. The second-order valence-corrected chi connectivity index (χ2v) is 10.3. The zero-order chi connectivity index (χ0) is 26.4. The fraction of sp³-hybridized carbons (Fsp3) is 0.419. The lowest BCUT2D eigenvalue weighted by Gasteiger charge is -2.29. The second kappa shape index (κ2) is 15.3. The molecule has 1 aliphatic rings. The number of hydrogen-bond donors (Lipinski definition) is 2. The van der Waals surface area contributed by atoms with Crippen molar-refractivity contribution in [3.8, 4) is 0 Å². The minimum absolute atomic E-state index is 0.146. The van der Waals surface area contributed by atoms with Crippen LogP contribution in [0.4, 0.5) is 5.69 Å². The van der Waals surface area contributed by atoms with Gasteiger partial charge in [0.2, 0.25) is 0 Å². The summed E-state index contributed by atoms with van der Waals surface area (Å²) in [5.74, 6) is 0.394. The smallest absolute Gasteiger partial charge is 0.269 e. The SMILES string of the molecule is O=[N+]([O-])c1ccc(CC2CNCCN(Cc3ccccc3)CCCNCCN(Cc3ccccc3)C2)cc1. The molecule has 0 bridgehead atoms. The topological polar surface area (TPSA) is 73.7 Å². The first-order chi connectivity index (χ1) is 18.7. The van der Waals surface area contributed by atoms with Crippen molar-refractivity contribution in [1.82, 2.24) is 20.4 Å². The minimum Gasteiger partial charge on any atom is -0.315 e. The summed E-state index contributed by atoms with van der Waals surface area (Å²) in [6.45, 7) is 9.76. The van der Waals surface area contributed by atoms with Crippen LogP contribution < -0.4 is 10.6 Å². The molecule has 1 atom stereocenters. The van der Waals surface area contributed by atoms with Crippen molar-refractivity contribution in [3.05, 3.63) is 112 Å². The highest BCUT2D eigenvalue weighted by atomic mass is 16.6. The fourth-order valence-corrected chi connectivity index (χ4v) is 5.17. The standard InChI is InChI=1S/C31H41N5O2/c37-36(38)31-14-12-27(13-15-31)22-30-23-33-18-20-34(24-28-8-3-1-4-9-28)19-7-16-32-17-21-35(26-30)25-29-10-5-2-6-11-29/h1-6,8-15,30,32-33H,7,16-26H2. The molecule has 0 spiro atoms.